The summed E-state index contributed by atoms with van der Waals surface area (Å²) in [5.74, 6) is 1.76. The number of hydrazine groups is 1. The van der Waals surface area contributed by atoms with Gasteiger partial charge in [-0.3, -0.25) is 10.9 Å². The molecule has 10 nitrogen and oxygen atoms in total. The number of aromatic nitrogens is 3. The molecule has 0 amide bonds. The third-order valence-electron chi connectivity index (χ3n) is 5.43. The van der Waals surface area contributed by atoms with Crippen LogP contribution in [0, 0.1) is 0 Å². The van der Waals surface area contributed by atoms with Crippen molar-refractivity contribution in [3.63, 3.8) is 0 Å². The lowest BCUT2D eigenvalue weighted by Gasteiger charge is -2.30. The molecule has 1 aromatic rings. The zero-order chi connectivity index (χ0) is 19.9. The predicted octanol–water partition coefficient (Wildman–Crippen LogP) is 0.669. The molecule has 1 aliphatic carbocycles. The largest absolute Gasteiger partial charge is 0.378 e. The molecule has 11 heteroatoms. The second kappa shape index (κ2) is 10.2. The lowest BCUT2D eigenvalue weighted by atomic mass is 9.96. The lowest BCUT2D eigenvalue weighted by Crippen LogP contribution is -2.45. The first kappa shape index (κ1) is 20.3. The number of thiocarbonyl (C=S) groups is 1. The third kappa shape index (κ3) is 5.77. The number of anilines is 3. The van der Waals surface area contributed by atoms with Crippen LogP contribution in [0.15, 0.2) is 0 Å². The van der Waals surface area contributed by atoms with Gasteiger partial charge in [-0.05, 0) is 25.1 Å². The van der Waals surface area contributed by atoms with E-state index in [0.717, 1.165) is 39.0 Å². The Morgan fingerprint density at radius 1 is 0.828 bits per heavy atom. The Morgan fingerprint density at radius 2 is 1.38 bits per heavy atom. The van der Waals surface area contributed by atoms with Crippen molar-refractivity contribution in [2.24, 2.45) is 0 Å². The predicted molar refractivity (Wildman–Crippen MR) is 115 cm³/mol. The van der Waals surface area contributed by atoms with E-state index < -0.39 is 0 Å². The summed E-state index contributed by atoms with van der Waals surface area (Å²) in [6, 6.07) is 0.441. The normalized spacial score (nSPS) is 21.0. The van der Waals surface area contributed by atoms with Crippen LogP contribution in [0.4, 0.5) is 17.8 Å². The fourth-order valence-electron chi connectivity index (χ4n) is 3.80. The van der Waals surface area contributed by atoms with E-state index in [1.165, 1.54) is 19.3 Å². The molecule has 0 radical (unpaired) electrons. The van der Waals surface area contributed by atoms with E-state index in [4.69, 9.17) is 26.7 Å². The van der Waals surface area contributed by atoms with Crippen LogP contribution in [0.3, 0.4) is 0 Å². The first-order chi connectivity index (χ1) is 14.3. The Hall–Kier alpha value is -1.98. The van der Waals surface area contributed by atoms with Gasteiger partial charge in [0.05, 0.1) is 26.4 Å². The van der Waals surface area contributed by atoms with E-state index in [1.807, 2.05) is 0 Å². The topological polar surface area (TPSA) is 99.7 Å². The highest BCUT2D eigenvalue weighted by molar-refractivity contribution is 7.80. The van der Waals surface area contributed by atoms with Gasteiger partial charge in [0.25, 0.3) is 0 Å². The van der Waals surface area contributed by atoms with E-state index in [-0.39, 0.29) is 0 Å². The molecule has 2 saturated heterocycles. The molecule has 0 bridgehead atoms. The molecular formula is C18H30N8O2S. The number of nitrogens with zero attached hydrogens (tertiary/aromatic N) is 5. The number of nitrogens with one attached hydrogen (secondary N) is 3. The van der Waals surface area contributed by atoms with Gasteiger partial charge in [0.15, 0.2) is 5.11 Å². The van der Waals surface area contributed by atoms with E-state index in [9.17, 15) is 0 Å². The second-order valence-electron chi connectivity index (χ2n) is 7.52. The van der Waals surface area contributed by atoms with Crippen LogP contribution >= 0.6 is 12.2 Å². The van der Waals surface area contributed by atoms with Crippen LogP contribution in [0.25, 0.3) is 0 Å². The fraction of sp³-hybridized carbons (Fsp3) is 0.778. The van der Waals surface area contributed by atoms with Crippen LogP contribution in [0.2, 0.25) is 0 Å². The van der Waals surface area contributed by atoms with Crippen molar-refractivity contribution in [1.82, 2.24) is 25.7 Å². The maximum atomic E-state index is 5.46. The number of morpholine rings is 2. The first-order valence-corrected chi connectivity index (χ1v) is 10.9. The summed E-state index contributed by atoms with van der Waals surface area (Å²) in [5, 5.41) is 3.95. The number of ether oxygens (including phenoxy) is 2. The number of hydrogen-bond acceptors (Lipinski definition) is 9. The van der Waals surface area contributed by atoms with Crippen molar-refractivity contribution in [2.75, 3.05) is 67.8 Å². The van der Waals surface area contributed by atoms with Crippen LogP contribution in [0.1, 0.15) is 32.1 Å². The molecule has 0 atom stereocenters. The average molecular weight is 423 g/mol. The molecule has 160 valence electrons. The Kier molecular flexibility index (Phi) is 7.12. The first-order valence-electron chi connectivity index (χ1n) is 10.5. The van der Waals surface area contributed by atoms with Crippen LogP contribution in [-0.2, 0) is 9.47 Å². The van der Waals surface area contributed by atoms with Crippen molar-refractivity contribution >= 4 is 35.2 Å². The maximum Gasteiger partial charge on any atom is 0.248 e. The van der Waals surface area contributed by atoms with Gasteiger partial charge in [-0.25, -0.2) is 0 Å². The standard InChI is InChI=1S/C18H30N8O2S/c29-18(19-14-4-2-1-3-5-14)24-23-15-20-16(25-6-10-27-11-7-25)22-17(21-15)26-8-12-28-13-9-26/h14H,1-13H2,(H2,19,24,29)(H,20,21,22,23). The molecular weight excluding hydrogens is 392 g/mol. The molecule has 2 aliphatic heterocycles. The van der Waals surface area contributed by atoms with E-state index >= 15 is 0 Å². The molecule has 3 N–H and O–H groups in total. The zero-order valence-electron chi connectivity index (χ0n) is 16.7. The van der Waals surface area contributed by atoms with E-state index in [0.29, 0.717) is 55.4 Å². The molecule has 0 aromatic carbocycles. The highest BCUT2D eigenvalue weighted by atomic mass is 32.1. The molecule has 3 aliphatic rings. The summed E-state index contributed by atoms with van der Waals surface area (Å²) in [6.07, 6.45) is 6.15. The van der Waals surface area contributed by atoms with E-state index in [1.54, 1.807) is 0 Å². The Bertz CT molecular complexity index is 640. The summed E-state index contributed by atoms with van der Waals surface area (Å²) in [5.41, 5.74) is 6.10. The van der Waals surface area contributed by atoms with Crippen molar-refractivity contribution in [3.05, 3.63) is 0 Å². The monoisotopic (exact) mass is 422 g/mol. The molecule has 1 saturated carbocycles. The minimum absolute atomic E-state index is 0.441. The molecule has 1 aromatic heterocycles. The van der Waals surface area contributed by atoms with Crippen LogP contribution in [0.5, 0.6) is 0 Å². The fourth-order valence-corrected chi connectivity index (χ4v) is 4.02. The maximum absolute atomic E-state index is 5.46. The Morgan fingerprint density at radius 3 is 1.93 bits per heavy atom. The SMILES string of the molecule is S=C(NNc1nc(N2CCOCC2)nc(N2CCOCC2)n1)NC1CCCCC1. The van der Waals surface area contributed by atoms with Crippen molar-refractivity contribution < 1.29 is 9.47 Å². The van der Waals surface area contributed by atoms with Crippen LogP contribution < -0.4 is 26.0 Å². The van der Waals surface area contributed by atoms with Gasteiger partial charge in [0.1, 0.15) is 0 Å². The van der Waals surface area contributed by atoms with Gasteiger partial charge in [0, 0.05) is 32.2 Å². The average Bonchev–Trinajstić information content (AvgIpc) is 2.79. The third-order valence-corrected chi connectivity index (χ3v) is 5.65. The Labute approximate surface area is 176 Å². The minimum atomic E-state index is 0.441. The summed E-state index contributed by atoms with van der Waals surface area (Å²) in [4.78, 5) is 18.2. The van der Waals surface area contributed by atoms with Gasteiger partial charge >= 0.3 is 0 Å². The zero-order valence-corrected chi connectivity index (χ0v) is 17.5. The lowest BCUT2D eigenvalue weighted by molar-refractivity contribution is 0.121. The molecule has 4 rings (SSSR count). The van der Waals surface area contributed by atoms with Gasteiger partial charge in [-0.1, -0.05) is 19.3 Å². The van der Waals surface area contributed by atoms with Crippen LogP contribution in [-0.4, -0.2) is 78.7 Å². The summed E-state index contributed by atoms with van der Waals surface area (Å²) in [7, 11) is 0. The molecule has 0 unspecified atom stereocenters. The molecule has 0 spiro atoms. The molecule has 3 heterocycles. The molecule has 3 fully saturated rings. The van der Waals surface area contributed by atoms with Crippen molar-refractivity contribution in [1.29, 1.82) is 0 Å². The summed E-state index contributed by atoms with van der Waals surface area (Å²) < 4.78 is 10.9. The highest BCUT2D eigenvalue weighted by Gasteiger charge is 2.21. The van der Waals surface area contributed by atoms with Gasteiger partial charge in [-0.15, -0.1) is 0 Å². The van der Waals surface area contributed by atoms with Crippen molar-refractivity contribution in [3.8, 4) is 0 Å². The number of rotatable bonds is 5. The van der Waals surface area contributed by atoms with E-state index in [2.05, 4.69) is 35.9 Å². The Balaban J connectivity index is 1.43. The van der Waals surface area contributed by atoms with Gasteiger partial charge < -0.3 is 24.6 Å². The quantitative estimate of drug-likeness (QED) is 0.461. The highest BCUT2D eigenvalue weighted by Crippen LogP contribution is 2.19. The van der Waals surface area contributed by atoms with Gasteiger partial charge in [-0.2, -0.15) is 15.0 Å². The summed E-state index contributed by atoms with van der Waals surface area (Å²) in [6.45, 7) is 5.76. The molecule has 29 heavy (non-hydrogen) atoms. The minimum Gasteiger partial charge on any atom is -0.378 e. The summed E-state index contributed by atoms with van der Waals surface area (Å²) >= 11 is 5.44. The van der Waals surface area contributed by atoms with Gasteiger partial charge in [0.2, 0.25) is 17.8 Å². The second-order valence-corrected chi connectivity index (χ2v) is 7.92. The number of hydrogen-bond donors (Lipinski definition) is 3. The smallest absolute Gasteiger partial charge is 0.248 e. The van der Waals surface area contributed by atoms with Crippen molar-refractivity contribution in [2.45, 2.75) is 38.1 Å².